The molecule has 0 aliphatic carbocycles. The van der Waals surface area contributed by atoms with Gasteiger partial charge in [-0.1, -0.05) is 18.2 Å². The molecule has 2 aromatic rings. The quantitative estimate of drug-likeness (QED) is 0.410. The van der Waals surface area contributed by atoms with E-state index in [2.05, 4.69) is 32.7 Å². The van der Waals surface area contributed by atoms with Crippen LogP contribution in [0.4, 0.5) is 4.39 Å². The minimum absolute atomic E-state index is 0. The Labute approximate surface area is 158 Å². The maximum atomic E-state index is 13.2. The highest BCUT2D eigenvalue weighted by atomic mass is 127. The van der Waals surface area contributed by atoms with Crippen LogP contribution in [0, 0.1) is 5.82 Å². The lowest BCUT2D eigenvalue weighted by Gasteiger charge is -2.21. The largest absolute Gasteiger partial charge is 0.357 e. The minimum atomic E-state index is -0.219. The molecule has 1 aromatic carbocycles. The Kier molecular flexibility index (Phi) is 9.16. The van der Waals surface area contributed by atoms with E-state index in [1.54, 1.807) is 17.4 Å². The van der Waals surface area contributed by atoms with Gasteiger partial charge in [0.05, 0.1) is 6.54 Å². The van der Waals surface area contributed by atoms with Gasteiger partial charge in [-0.2, -0.15) is 0 Å². The number of nitrogens with zero attached hydrogens (tertiary/aromatic N) is 2. The van der Waals surface area contributed by atoms with E-state index in [-0.39, 0.29) is 29.8 Å². The van der Waals surface area contributed by atoms with Crippen LogP contribution >= 0.6 is 35.3 Å². The molecule has 0 fully saturated rings. The van der Waals surface area contributed by atoms with Gasteiger partial charge in [0.25, 0.3) is 0 Å². The molecular weight excluding hydrogens is 424 g/mol. The van der Waals surface area contributed by atoms with Crippen LogP contribution in [0.3, 0.4) is 0 Å². The molecule has 0 amide bonds. The first-order chi connectivity index (χ1) is 10.7. The Balaban J connectivity index is 0.00000264. The average molecular weight is 447 g/mol. The average Bonchev–Trinajstić information content (AvgIpc) is 3.02. The zero-order valence-corrected chi connectivity index (χ0v) is 16.6. The normalized spacial score (nSPS) is 11.0. The zero-order valence-electron chi connectivity index (χ0n) is 13.5. The number of thiophene rings is 1. The Morgan fingerprint density at radius 2 is 2.13 bits per heavy atom. The Bertz CT molecular complexity index is 602. The van der Waals surface area contributed by atoms with E-state index >= 15 is 0 Å². The smallest absolute Gasteiger partial charge is 0.193 e. The van der Waals surface area contributed by atoms with Gasteiger partial charge in [-0.05, 0) is 42.5 Å². The molecule has 0 bridgehead atoms. The fraction of sp³-hybridized carbons (Fsp3) is 0.353. The Morgan fingerprint density at radius 3 is 2.78 bits per heavy atom. The molecule has 2 rings (SSSR count). The van der Waals surface area contributed by atoms with Crippen LogP contribution in [0.2, 0.25) is 0 Å². The van der Waals surface area contributed by atoms with E-state index in [4.69, 9.17) is 0 Å². The summed E-state index contributed by atoms with van der Waals surface area (Å²) in [6, 6.07) is 10.8. The SMILES string of the molecule is CCNC(=NCc1cccc(F)c1)N(C)CCc1cccs1.I. The predicted octanol–water partition coefficient (Wildman–Crippen LogP) is 4.15. The summed E-state index contributed by atoms with van der Waals surface area (Å²) in [7, 11) is 2.03. The van der Waals surface area contributed by atoms with Gasteiger partial charge in [0.1, 0.15) is 5.82 Å². The number of halogens is 2. The van der Waals surface area contributed by atoms with E-state index in [1.807, 2.05) is 20.0 Å². The maximum absolute atomic E-state index is 13.2. The van der Waals surface area contributed by atoms with Crippen LogP contribution in [0.1, 0.15) is 17.4 Å². The van der Waals surface area contributed by atoms with Crippen molar-refractivity contribution in [3.63, 3.8) is 0 Å². The molecule has 1 aromatic heterocycles. The van der Waals surface area contributed by atoms with Crippen LogP contribution in [0.25, 0.3) is 0 Å². The van der Waals surface area contributed by atoms with Gasteiger partial charge in [0.2, 0.25) is 0 Å². The van der Waals surface area contributed by atoms with E-state index in [0.717, 1.165) is 31.0 Å². The van der Waals surface area contributed by atoms with Crippen LogP contribution in [0.5, 0.6) is 0 Å². The third kappa shape index (κ3) is 6.87. The van der Waals surface area contributed by atoms with Gasteiger partial charge in [0.15, 0.2) is 5.96 Å². The van der Waals surface area contributed by atoms with Crippen molar-refractivity contribution in [2.45, 2.75) is 19.9 Å². The number of rotatable bonds is 6. The summed E-state index contributed by atoms with van der Waals surface area (Å²) in [5.74, 6) is 0.632. The highest BCUT2D eigenvalue weighted by Crippen LogP contribution is 2.10. The fourth-order valence-electron chi connectivity index (χ4n) is 2.11. The lowest BCUT2D eigenvalue weighted by atomic mass is 10.2. The van der Waals surface area contributed by atoms with Gasteiger partial charge in [0, 0.05) is 25.0 Å². The zero-order chi connectivity index (χ0) is 15.8. The topological polar surface area (TPSA) is 27.6 Å². The molecule has 1 heterocycles. The van der Waals surface area contributed by atoms with Crippen molar-refractivity contribution in [3.05, 3.63) is 58.0 Å². The molecule has 0 aliphatic rings. The number of benzene rings is 1. The predicted molar refractivity (Wildman–Crippen MR) is 107 cm³/mol. The number of aliphatic imine (C=N–C) groups is 1. The van der Waals surface area contributed by atoms with E-state index in [0.29, 0.717) is 6.54 Å². The van der Waals surface area contributed by atoms with E-state index in [9.17, 15) is 4.39 Å². The first-order valence-electron chi connectivity index (χ1n) is 7.45. The number of hydrogen-bond donors (Lipinski definition) is 1. The molecule has 23 heavy (non-hydrogen) atoms. The molecule has 126 valence electrons. The van der Waals surface area contributed by atoms with Crippen molar-refractivity contribution in [3.8, 4) is 0 Å². The van der Waals surface area contributed by atoms with Crippen molar-refractivity contribution in [1.29, 1.82) is 0 Å². The first-order valence-corrected chi connectivity index (χ1v) is 8.33. The highest BCUT2D eigenvalue weighted by Gasteiger charge is 2.06. The second-order valence-electron chi connectivity index (χ2n) is 5.05. The molecule has 3 nitrogen and oxygen atoms in total. The molecule has 0 aliphatic heterocycles. The fourth-order valence-corrected chi connectivity index (χ4v) is 2.81. The second kappa shape index (κ2) is 10.6. The van der Waals surface area contributed by atoms with Crippen molar-refractivity contribution >= 4 is 41.3 Å². The van der Waals surface area contributed by atoms with Gasteiger partial charge in [-0.3, -0.25) is 0 Å². The van der Waals surface area contributed by atoms with Crippen LogP contribution < -0.4 is 5.32 Å². The maximum Gasteiger partial charge on any atom is 0.193 e. The number of guanidine groups is 1. The summed E-state index contributed by atoms with van der Waals surface area (Å²) in [6.07, 6.45) is 0.999. The lowest BCUT2D eigenvalue weighted by Crippen LogP contribution is -2.39. The summed E-state index contributed by atoms with van der Waals surface area (Å²) in [4.78, 5) is 8.07. The molecule has 1 N–H and O–H groups in total. The third-order valence-electron chi connectivity index (χ3n) is 3.27. The van der Waals surface area contributed by atoms with E-state index < -0.39 is 0 Å². The molecule has 0 spiro atoms. The summed E-state index contributed by atoms with van der Waals surface area (Å²) in [5, 5.41) is 5.38. The minimum Gasteiger partial charge on any atom is -0.357 e. The van der Waals surface area contributed by atoms with Crippen LogP contribution in [-0.4, -0.2) is 31.0 Å². The molecule has 0 saturated heterocycles. The van der Waals surface area contributed by atoms with Crippen molar-refractivity contribution in [2.24, 2.45) is 4.99 Å². The number of hydrogen-bond acceptors (Lipinski definition) is 2. The molecular formula is C17H23FIN3S. The third-order valence-corrected chi connectivity index (χ3v) is 4.21. The van der Waals surface area contributed by atoms with Crippen LogP contribution in [0.15, 0.2) is 46.8 Å². The summed E-state index contributed by atoms with van der Waals surface area (Å²) in [5.41, 5.74) is 0.877. The van der Waals surface area contributed by atoms with Gasteiger partial charge >= 0.3 is 0 Å². The summed E-state index contributed by atoms with van der Waals surface area (Å²) in [6.45, 7) is 4.23. The summed E-state index contributed by atoms with van der Waals surface area (Å²) >= 11 is 1.77. The van der Waals surface area contributed by atoms with Crippen molar-refractivity contribution in [1.82, 2.24) is 10.2 Å². The molecule has 6 heteroatoms. The van der Waals surface area contributed by atoms with Crippen LogP contribution in [-0.2, 0) is 13.0 Å². The van der Waals surface area contributed by atoms with Gasteiger partial charge in [-0.15, -0.1) is 35.3 Å². The Morgan fingerprint density at radius 1 is 1.30 bits per heavy atom. The van der Waals surface area contributed by atoms with Gasteiger partial charge < -0.3 is 10.2 Å². The first kappa shape index (κ1) is 19.9. The van der Waals surface area contributed by atoms with Crippen molar-refractivity contribution in [2.75, 3.05) is 20.1 Å². The molecule has 0 radical (unpaired) electrons. The number of likely N-dealkylation sites (N-methyl/N-ethyl adjacent to an activating group) is 1. The second-order valence-corrected chi connectivity index (χ2v) is 6.08. The highest BCUT2D eigenvalue weighted by molar-refractivity contribution is 14.0. The standard InChI is InChI=1S/C17H22FN3S.HI/c1-3-19-17(20-13-14-6-4-7-15(18)12-14)21(2)10-9-16-8-5-11-22-16;/h4-8,11-12H,3,9-10,13H2,1-2H3,(H,19,20);1H. The van der Waals surface area contributed by atoms with E-state index in [1.165, 1.54) is 17.0 Å². The molecule has 0 atom stereocenters. The number of nitrogens with one attached hydrogen (secondary N) is 1. The molecule has 0 unspecified atom stereocenters. The lowest BCUT2D eigenvalue weighted by molar-refractivity contribution is 0.486. The molecule has 0 saturated carbocycles. The summed E-state index contributed by atoms with van der Waals surface area (Å²) < 4.78 is 13.2. The van der Waals surface area contributed by atoms with Crippen molar-refractivity contribution < 1.29 is 4.39 Å². The Hall–Kier alpha value is -1.15. The monoisotopic (exact) mass is 447 g/mol. The van der Waals surface area contributed by atoms with Gasteiger partial charge in [-0.25, -0.2) is 9.38 Å².